The van der Waals surface area contributed by atoms with Gasteiger partial charge in [0.15, 0.2) is 5.96 Å². The van der Waals surface area contributed by atoms with E-state index in [4.69, 9.17) is 0 Å². The number of nitrogens with one attached hydrogen (secondary N) is 3. The van der Waals surface area contributed by atoms with Crippen molar-refractivity contribution in [2.75, 3.05) is 19.6 Å². The van der Waals surface area contributed by atoms with E-state index in [1.54, 1.807) is 0 Å². The molecule has 1 aromatic heterocycles. The van der Waals surface area contributed by atoms with Gasteiger partial charge in [-0.25, -0.2) is 4.98 Å². The number of para-hydroxylation sites is 2. The second-order valence-electron chi connectivity index (χ2n) is 4.24. The van der Waals surface area contributed by atoms with Crippen LogP contribution < -0.4 is 10.6 Å². The lowest BCUT2D eigenvalue weighted by atomic mass is 10.3. The van der Waals surface area contributed by atoms with E-state index in [-0.39, 0.29) is 0 Å². The minimum absolute atomic E-state index is 0.717. The topological polar surface area (TPSA) is 65.1 Å². The van der Waals surface area contributed by atoms with Crippen LogP contribution in [0.25, 0.3) is 11.0 Å². The molecule has 1 heterocycles. The molecule has 0 radical (unpaired) electrons. The van der Waals surface area contributed by atoms with E-state index in [0.29, 0.717) is 0 Å². The summed E-state index contributed by atoms with van der Waals surface area (Å²) in [5.74, 6) is 1.85. The van der Waals surface area contributed by atoms with Crippen LogP contribution in [0.15, 0.2) is 29.3 Å². The van der Waals surface area contributed by atoms with Crippen LogP contribution in [0.1, 0.15) is 19.7 Å². The molecule has 5 heteroatoms. The molecule has 0 aliphatic heterocycles. The lowest BCUT2D eigenvalue weighted by molar-refractivity contribution is 0.823. The van der Waals surface area contributed by atoms with Gasteiger partial charge in [-0.15, -0.1) is 0 Å². The molecule has 0 aliphatic rings. The summed E-state index contributed by atoms with van der Waals surface area (Å²) >= 11 is 0. The minimum atomic E-state index is 0.717. The van der Waals surface area contributed by atoms with Gasteiger partial charge in [-0.1, -0.05) is 12.1 Å². The highest BCUT2D eigenvalue weighted by atomic mass is 15.2. The van der Waals surface area contributed by atoms with Gasteiger partial charge in [0, 0.05) is 26.1 Å². The van der Waals surface area contributed by atoms with Gasteiger partial charge in [0.2, 0.25) is 0 Å². The third-order valence-electron chi connectivity index (χ3n) is 2.75. The molecule has 1 aromatic carbocycles. The zero-order chi connectivity index (χ0) is 13.5. The van der Waals surface area contributed by atoms with E-state index < -0.39 is 0 Å². The predicted octanol–water partition coefficient (Wildman–Crippen LogP) is 1.68. The minimum Gasteiger partial charge on any atom is -0.357 e. The molecule has 0 saturated carbocycles. The van der Waals surface area contributed by atoms with Gasteiger partial charge < -0.3 is 15.6 Å². The molecule has 0 saturated heterocycles. The fourth-order valence-electron chi connectivity index (χ4n) is 1.91. The summed E-state index contributed by atoms with van der Waals surface area (Å²) in [6.07, 6.45) is 0.814. The van der Waals surface area contributed by atoms with E-state index in [1.807, 2.05) is 24.3 Å². The molecule has 5 nitrogen and oxygen atoms in total. The fraction of sp³-hybridized carbons (Fsp3) is 0.429. The second kappa shape index (κ2) is 6.78. The molecule has 102 valence electrons. The Balaban J connectivity index is 1.95. The molecule has 2 rings (SSSR count). The molecule has 0 unspecified atom stereocenters. The Labute approximate surface area is 113 Å². The molecule has 0 spiro atoms. The van der Waals surface area contributed by atoms with Gasteiger partial charge in [0.25, 0.3) is 0 Å². The van der Waals surface area contributed by atoms with Crippen molar-refractivity contribution in [3.63, 3.8) is 0 Å². The quantitative estimate of drug-likeness (QED) is 0.565. The number of aromatic nitrogens is 2. The van der Waals surface area contributed by atoms with Crippen molar-refractivity contribution in [2.24, 2.45) is 4.99 Å². The molecule has 0 aliphatic carbocycles. The number of H-pyrrole nitrogens is 1. The van der Waals surface area contributed by atoms with Gasteiger partial charge >= 0.3 is 0 Å². The molecule has 19 heavy (non-hydrogen) atoms. The highest BCUT2D eigenvalue weighted by Gasteiger charge is 2.01. The number of nitrogens with zero attached hydrogens (tertiary/aromatic N) is 2. The Hall–Kier alpha value is -2.04. The second-order valence-corrected chi connectivity index (χ2v) is 4.24. The monoisotopic (exact) mass is 259 g/mol. The number of hydrogen-bond acceptors (Lipinski definition) is 2. The van der Waals surface area contributed by atoms with Gasteiger partial charge in [-0.3, -0.25) is 4.99 Å². The molecule has 0 bridgehead atoms. The number of benzene rings is 1. The lowest BCUT2D eigenvalue weighted by Gasteiger charge is -2.08. The Morgan fingerprint density at radius 3 is 2.63 bits per heavy atom. The largest absolute Gasteiger partial charge is 0.357 e. The van der Waals surface area contributed by atoms with Gasteiger partial charge in [0.05, 0.1) is 11.0 Å². The average Bonchev–Trinajstić information content (AvgIpc) is 2.82. The van der Waals surface area contributed by atoms with E-state index >= 15 is 0 Å². The van der Waals surface area contributed by atoms with Crippen LogP contribution in [0.5, 0.6) is 0 Å². The normalized spacial score (nSPS) is 10.4. The number of imidazole rings is 1. The van der Waals surface area contributed by atoms with E-state index in [9.17, 15) is 0 Å². The third-order valence-corrected chi connectivity index (χ3v) is 2.75. The van der Waals surface area contributed by atoms with E-state index in [0.717, 1.165) is 48.9 Å². The van der Waals surface area contributed by atoms with Crippen molar-refractivity contribution in [2.45, 2.75) is 20.3 Å². The first-order chi connectivity index (χ1) is 9.33. The lowest BCUT2D eigenvalue weighted by Crippen LogP contribution is -2.37. The summed E-state index contributed by atoms with van der Waals surface area (Å²) in [4.78, 5) is 12.4. The van der Waals surface area contributed by atoms with Crippen molar-refractivity contribution < 1.29 is 0 Å². The Morgan fingerprint density at radius 1 is 1.21 bits per heavy atom. The number of rotatable bonds is 5. The number of hydrogen-bond donors (Lipinski definition) is 3. The molecule has 0 fully saturated rings. The van der Waals surface area contributed by atoms with E-state index in [2.05, 4.69) is 39.4 Å². The SMILES string of the molecule is CCNC(=NCCc1nc2ccccc2[nH]1)NCC. The summed E-state index contributed by atoms with van der Waals surface area (Å²) in [5.41, 5.74) is 2.10. The van der Waals surface area contributed by atoms with Gasteiger partial charge in [-0.2, -0.15) is 0 Å². The summed E-state index contributed by atoms with van der Waals surface area (Å²) in [6, 6.07) is 8.07. The van der Waals surface area contributed by atoms with Crippen LogP contribution in [-0.2, 0) is 6.42 Å². The molecule has 0 atom stereocenters. The van der Waals surface area contributed by atoms with Crippen LogP contribution in [0.3, 0.4) is 0 Å². The highest BCUT2D eigenvalue weighted by Crippen LogP contribution is 2.10. The maximum absolute atomic E-state index is 4.54. The summed E-state index contributed by atoms with van der Waals surface area (Å²) in [6.45, 7) is 6.58. The molecular weight excluding hydrogens is 238 g/mol. The standard InChI is InChI=1S/C14H21N5/c1-3-15-14(16-4-2)17-10-9-13-18-11-7-5-6-8-12(11)19-13/h5-8H,3-4,9-10H2,1-2H3,(H,18,19)(H2,15,16,17). The number of guanidine groups is 1. The van der Waals surface area contributed by atoms with Crippen molar-refractivity contribution in [1.82, 2.24) is 20.6 Å². The Morgan fingerprint density at radius 2 is 1.95 bits per heavy atom. The zero-order valence-corrected chi connectivity index (χ0v) is 11.5. The number of aromatic amines is 1. The van der Waals surface area contributed by atoms with Crippen LogP contribution in [0, 0.1) is 0 Å². The van der Waals surface area contributed by atoms with Gasteiger partial charge in [-0.05, 0) is 26.0 Å². The van der Waals surface area contributed by atoms with Crippen LogP contribution in [0.2, 0.25) is 0 Å². The maximum Gasteiger partial charge on any atom is 0.191 e. The molecule has 3 N–H and O–H groups in total. The number of aliphatic imine (C=N–C) groups is 1. The summed E-state index contributed by atoms with van der Waals surface area (Å²) in [5, 5.41) is 6.41. The molecule has 2 aromatic rings. The fourth-order valence-corrected chi connectivity index (χ4v) is 1.91. The maximum atomic E-state index is 4.54. The zero-order valence-electron chi connectivity index (χ0n) is 11.5. The Kier molecular flexibility index (Phi) is 4.78. The van der Waals surface area contributed by atoms with Crippen LogP contribution in [-0.4, -0.2) is 35.6 Å². The molecule has 0 amide bonds. The van der Waals surface area contributed by atoms with Crippen molar-refractivity contribution in [3.8, 4) is 0 Å². The first kappa shape index (κ1) is 13.4. The smallest absolute Gasteiger partial charge is 0.191 e. The van der Waals surface area contributed by atoms with Crippen LogP contribution >= 0.6 is 0 Å². The average molecular weight is 259 g/mol. The first-order valence-electron chi connectivity index (χ1n) is 6.79. The summed E-state index contributed by atoms with van der Waals surface area (Å²) in [7, 11) is 0. The van der Waals surface area contributed by atoms with E-state index in [1.165, 1.54) is 0 Å². The van der Waals surface area contributed by atoms with Crippen molar-refractivity contribution >= 4 is 17.0 Å². The van der Waals surface area contributed by atoms with Crippen LogP contribution in [0.4, 0.5) is 0 Å². The predicted molar refractivity (Wildman–Crippen MR) is 79.5 cm³/mol. The van der Waals surface area contributed by atoms with Crippen molar-refractivity contribution in [1.29, 1.82) is 0 Å². The molecular formula is C14H21N5. The first-order valence-corrected chi connectivity index (χ1v) is 6.79. The number of fused-ring (bicyclic) bond motifs is 1. The van der Waals surface area contributed by atoms with Crippen molar-refractivity contribution in [3.05, 3.63) is 30.1 Å². The van der Waals surface area contributed by atoms with Gasteiger partial charge in [0.1, 0.15) is 5.82 Å². The highest BCUT2D eigenvalue weighted by molar-refractivity contribution is 5.79. The summed E-state index contributed by atoms with van der Waals surface area (Å²) < 4.78 is 0. The third kappa shape index (κ3) is 3.71. The Bertz CT molecular complexity index is 503.